The molecule has 0 saturated carbocycles. The Morgan fingerprint density at radius 2 is 0.393 bits per heavy atom. The molecule has 0 aliphatic rings. The van der Waals surface area contributed by atoms with Crippen LogP contribution in [0.2, 0.25) is 0 Å². The van der Waals surface area contributed by atoms with Crippen molar-refractivity contribution >= 4 is 87.6 Å². The number of carbonyl (C=O) groups excluding carboxylic acids is 15. The Labute approximate surface area is 858 Å². The first-order chi connectivity index (χ1) is 66.2. The maximum Gasteiger partial charge on any atom is 0.220 e. The van der Waals surface area contributed by atoms with Crippen LogP contribution in [-0.4, -0.2) is 144 Å². The van der Waals surface area contributed by atoms with Crippen molar-refractivity contribution in [3.05, 3.63) is 0 Å². The van der Waals surface area contributed by atoms with Gasteiger partial charge in [-0.1, -0.05) is 263 Å². The predicted octanol–water partition coefficient (Wildman–Crippen LogP) is 27.3. The van der Waals surface area contributed by atoms with E-state index in [1.807, 2.05) is 96.9 Å². The highest BCUT2D eigenvalue weighted by Gasteiger charge is 2.16. The van der Waals surface area contributed by atoms with E-state index in [2.05, 4.69) is 106 Å². The lowest BCUT2D eigenvalue weighted by atomic mass is 10.0. The number of unbranched alkanes of at least 4 members (excludes halogenated alkanes) is 34. The molecule has 0 bridgehead atoms. The number of Topliss-reactive ketones (excluding diaryl/α,β-unsaturated/α-hetero) is 8. The van der Waals surface area contributed by atoms with Crippen LogP contribution in [0.15, 0.2) is 0 Å². The Morgan fingerprint density at radius 1 is 0.186 bits per heavy atom. The smallest absolute Gasteiger partial charge is 0.220 e. The SMILES string of the molecule is CC(C)CC(=O)CCCCCCCCC(=O)NC(C)C.CC(C)CCCNC(=O)CCCCCCCCC(=O)CC(C)C.CC(C)CNC(=O)CCCCCCCCC(=O)CCC(=O)NC(C)C.CC(C)NC(=O)CCC(=O)CCCCCCCCC(=O)C(C)C.CC(C)NC(=O)CCC(=O)CCCCCCCCCCC(=O)C(C)C.CC(C)NC(=O)CCC(=O)CCCCCCCCCCOC(C)C. The summed E-state index contributed by atoms with van der Waals surface area (Å²) in [6.45, 7) is 50.7. The fourth-order valence-electron chi connectivity index (χ4n) is 15.2. The van der Waals surface area contributed by atoms with Gasteiger partial charge in [-0.05, 0) is 197 Å². The molecule has 0 aromatic heterocycles. The highest BCUT2D eigenvalue weighted by atomic mass is 16.5. The molecule has 0 fully saturated rings. The maximum atomic E-state index is 11.7. The van der Waals surface area contributed by atoms with Crippen LogP contribution in [-0.2, 0) is 76.7 Å². The van der Waals surface area contributed by atoms with Gasteiger partial charge in [0.2, 0.25) is 41.4 Å². The second kappa shape index (κ2) is 104. The van der Waals surface area contributed by atoms with Crippen LogP contribution in [0, 0.1) is 35.5 Å². The van der Waals surface area contributed by atoms with Crippen LogP contribution in [0.1, 0.15) is 571 Å². The monoisotopic (exact) mass is 1980 g/mol. The fourth-order valence-corrected chi connectivity index (χ4v) is 15.2. The van der Waals surface area contributed by atoms with Crippen LogP contribution in [0.25, 0.3) is 0 Å². The Morgan fingerprint density at radius 3 is 0.614 bits per heavy atom. The summed E-state index contributed by atoms with van der Waals surface area (Å²) in [6.07, 6.45) is 58.3. The zero-order valence-electron chi connectivity index (χ0n) is 95.1. The Kier molecular flexibility index (Phi) is 107. The second-order valence-electron chi connectivity index (χ2n) is 43.7. The first-order valence-corrected chi connectivity index (χ1v) is 57.0. The normalized spacial score (nSPS) is 11.1. The standard InChI is InChI=1S/C21H39NO3.C20H38N2O3.C20H39NO3.C20H39NO2.C19H35NO3.C17H33NO2/c1-17(2)20(24)14-12-10-8-6-5-7-9-11-13-19(23)15-16-21(25)22-18(3)4;1-16(2)15-21-19(24)12-10-8-6-5-7-9-11-18(23)13-14-20(25)22-17(3)4;1-17(2)21-20(23)15-14-19(22)13-11-9-7-5-6-8-10-12-16-24-18(3)4;1-17(2)12-11-15-21-20(23)14-10-8-6-5-7-9-13-19(22)16-18(3)4;1-15(2)18(22)12-10-8-6-5-7-9-11-17(21)13-14-19(23)20-16(3)4;1-14(2)13-16(19)11-9-7-5-6-8-10-12-17(20)18-15(3)4/h17-18H,5-16H2,1-4H3,(H,22,25);16-17H,5-15H2,1-4H3,(H,21,24)(H,22,25);17-18H,5-16H2,1-4H3,(H,21,23);17-18H,5-16H2,1-4H3,(H,21,23);15-16H,5-14H2,1-4H3,(H,20,23);14-15H,5-13H2,1-4H3,(H,18,20). The Hall–Kier alpha value is -6.39. The predicted molar refractivity (Wildman–Crippen MR) is 583 cm³/mol. The van der Waals surface area contributed by atoms with Crippen molar-refractivity contribution in [2.45, 2.75) is 607 Å². The summed E-state index contributed by atoms with van der Waals surface area (Å²) in [7, 11) is 0. The van der Waals surface area contributed by atoms with Gasteiger partial charge in [0.25, 0.3) is 0 Å². The van der Waals surface area contributed by atoms with Gasteiger partial charge in [-0.3, -0.25) is 71.9 Å². The molecule has 0 aromatic rings. The van der Waals surface area contributed by atoms with Crippen molar-refractivity contribution in [3.63, 3.8) is 0 Å². The topological polar surface area (TPSA) is 349 Å². The van der Waals surface area contributed by atoms with Crippen molar-refractivity contribution in [2.75, 3.05) is 19.7 Å². The molecule has 822 valence electrons. The average molecular weight is 1980 g/mol. The largest absolute Gasteiger partial charge is 0.379 e. The highest BCUT2D eigenvalue weighted by Crippen LogP contribution is 2.20. The third-order valence-corrected chi connectivity index (χ3v) is 23.2. The van der Waals surface area contributed by atoms with Gasteiger partial charge in [0, 0.05) is 197 Å². The summed E-state index contributed by atoms with van der Waals surface area (Å²) in [6, 6.07) is 0.789. The molecule has 0 saturated heterocycles. The average Bonchev–Trinajstić information content (AvgIpc) is 0.991. The molecule has 23 heteroatoms. The molecule has 0 unspecified atom stereocenters. The molecule has 0 aliphatic heterocycles. The van der Waals surface area contributed by atoms with Gasteiger partial charge in [-0.25, -0.2) is 0 Å². The molecule has 23 nitrogen and oxygen atoms in total. The number of carbonyl (C=O) groups is 15. The van der Waals surface area contributed by atoms with Crippen LogP contribution >= 0.6 is 0 Å². The molecule has 0 aromatic carbocycles. The number of ether oxygens (including phenoxy) is 1. The Bertz CT molecular complexity index is 3060. The van der Waals surface area contributed by atoms with Crippen molar-refractivity contribution < 1.29 is 76.7 Å². The molecule has 7 amide bonds. The summed E-state index contributed by atoms with van der Waals surface area (Å²) < 4.78 is 5.52. The van der Waals surface area contributed by atoms with Gasteiger partial charge in [0.15, 0.2) is 0 Å². The van der Waals surface area contributed by atoms with E-state index in [1.54, 1.807) is 0 Å². The lowest BCUT2D eigenvalue weighted by molar-refractivity contribution is -0.125. The molecule has 140 heavy (non-hydrogen) atoms. The first-order valence-electron chi connectivity index (χ1n) is 57.0. The van der Waals surface area contributed by atoms with E-state index in [-0.39, 0.29) is 107 Å². The maximum absolute atomic E-state index is 11.7. The van der Waals surface area contributed by atoms with Crippen molar-refractivity contribution in [1.82, 2.24) is 37.2 Å². The minimum absolute atomic E-state index is 0.0165. The quantitative estimate of drug-likeness (QED) is 0.0278. The molecule has 0 heterocycles. The number of hydrogen-bond acceptors (Lipinski definition) is 16. The van der Waals surface area contributed by atoms with E-state index in [9.17, 15) is 71.9 Å². The zero-order chi connectivity index (χ0) is 107. The summed E-state index contributed by atoms with van der Waals surface area (Å²) in [5, 5.41) is 20.0. The molecule has 0 radical (unpaired) electrons. The molecule has 0 rings (SSSR count). The minimum Gasteiger partial charge on any atom is -0.379 e. The summed E-state index contributed by atoms with van der Waals surface area (Å²) in [4.78, 5) is 173. The molecular formula is C117H223N7O16. The van der Waals surface area contributed by atoms with Crippen molar-refractivity contribution in [3.8, 4) is 0 Å². The minimum atomic E-state index is -0.0409. The Balaban J connectivity index is -0.000000385. The van der Waals surface area contributed by atoms with Gasteiger partial charge < -0.3 is 42.0 Å². The van der Waals surface area contributed by atoms with E-state index in [0.29, 0.717) is 156 Å². The third kappa shape index (κ3) is 128. The molecule has 0 spiro atoms. The molecule has 0 atom stereocenters. The summed E-state index contributed by atoms with van der Waals surface area (Å²) in [5.74, 6) is 5.26. The number of hydrogen-bond donors (Lipinski definition) is 7. The number of ketones is 8. The van der Waals surface area contributed by atoms with Gasteiger partial charge in [0.1, 0.15) is 46.3 Å². The van der Waals surface area contributed by atoms with Crippen LogP contribution < -0.4 is 37.2 Å². The number of amides is 7. The van der Waals surface area contributed by atoms with Crippen molar-refractivity contribution in [2.24, 2.45) is 35.5 Å². The number of nitrogens with one attached hydrogen (secondary N) is 7. The highest BCUT2D eigenvalue weighted by molar-refractivity contribution is 5.87. The van der Waals surface area contributed by atoms with Gasteiger partial charge >= 0.3 is 0 Å². The first kappa shape index (κ1) is 144. The second-order valence-corrected chi connectivity index (χ2v) is 43.7. The van der Waals surface area contributed by atoms with Crippen LogP contribution in [0.3, 0.4) is 0 Å². The van der Waals surface area contributed by atoms with Gasteiger partial charge in [-0.15, -0.1) is 0 Å². The van der Waals surface area contributed by atoms with E-state index in [0.717, 1.165) is 232 Å². The number of rotatable bonds is 88. The lowest BCUT2D eigenvalue weighted by Gasteiger charge is -2.08. The van der Waals surface area contributed by atoms with Crippen LogP contribution in [0.5, 0.6) is 0 Å². The zero-order valence-corrected chi connectivity index (χ0v) is 95.1. The third-order valence-electron chi connectivity index (χ3n) is 23.2. The summed E-state index contributed by atoms with van der Waals surface area (Å²) >= 11 is 0. The molecular weight excluding hydrogens is 1760 g/mol. The molecule has 0 aliphatic carbocycles. The van der Waals surface area contributed by atoms with Crippen LogP contribution in [0.4, 0.5) is 0 Å². The molecule has 7 N–H and O–H groups in total. The van der Waals surface area contributed by atoms with Gasteiger partial charge in [0.05, 0.1) is 6.10 Å². The van der Waals surface area contributed by atoms with E-state index >= 15 is 0 Å². The summed E-state index contributed by atoms with van der Waals surface area (Å²) in [5.41, 5.74) is 0. The van der Waals surface area contributed by atoms with E-state index in [1.165, 1.54) is 89.9 Å². The van der Waals surface area contributed by atoms with Gasteiger partial charge in [-0.2, -0.15) is 0 Å². The van der Waals surface area contributed by atoms with E-state index in [4.69, 9.17) is 4.74 Å². The fraction of sp³-hybridized carbons (Fsp3) is 0.872. The van der Waals surface area contributed by atoms with Crippen molar-refractivity contribution in [1.29, 1.82) is 0 Å². The van der Waals surface area contributed by atoms with E-state index < -0.39 is 0 Å². The lowest BCUT2D eigenvalue weighted by Crippen LogP contribution is -2.30.